The number of nitrogens with zero attached hydrogens (tertiary/aromatic N) is 1. The van der Waals surface area contributed by atoms with E-state index in [-0.39, 0.29) is 5.03 Å². The average molecular weight is 291 g/mol. The lowest BCUT2D eigenvalue weighted by Crippen LogP contribution is -2.30. The first-order valence-electron chi connectivity index (χ1n) is 4.51. The highest BCUT2D eigenvalue weighted by Crippen LogP contribution is 2.30. The highest BCUT2D eigenvalue weighted by atomic mass is 32.2. The smallest absolute Gasteiger partial charge is 0.383 e. The standard InChI is InChI=1S/C9H7F6NOS/c10-8(11,12)5-1-2-7(16-3-5)18-4-6(17)9(13,14)15/h1-3,6,17H,4H2. The maximum absolute atomic E-state index is 12.2. The Morgan fingerprint density at radius 2 is 1.78 bits per heavy atom. The summed E-state index contributed by atoms with van der Waals surface area (Å²) in [5, 5.41) is 8.66. The third kappa shape index (κ3) is 4.37. The first kappa shape index (κ1) is 15.1. The molecule has 1 atom stereocenters. The number of aromatic nitrogens is 1. The van der Waals surface area contributed by atoms with Crippen LogP contribution < -0.4 is 0 Å². The summed E-state index contributed by atoms with van der Waals surface area (Å²) in [6.07, 6.45) is -11.3. The van der Waals surface area contributed by atoms with Crippen molar-refractivity contribution in [2.24, 2.45) is 0 Å². The van der Waals surface area contributed by atoms with E-state index in [1.165, 1.54) is 0 Å². The number of aliphatic hydroxyl groups excluding tert-OH is 1. The molecule has 1 aromatic heterocycles. The van der Waals surface area contributed by atoms with Crippen molar-refractivity contribution in [1.82, 2.24) is 4.98 Å². The minimum atomic E-state index is -4.75. The topological polar surface area (TPSA) is 33.1 Å². The fourth-order valence-electron chi connectivity index (χ4n) is 0.892. The number of hydrogen-bond donors (Lipinski definition) is 1. The molecule has 18 heavy (non-hydrogen) atoms. The Balaban J connectivity index is 2.60. The second-order valence-electron chi connectivity index (χ2n) is 3.25. The van der Waals surface area contributed by atoms with Crippen molar-refractivity contribution in [2.75, 3.05) is 5.75 Å². The Morgan fingerprint density at radius 3 is 2.17 bits per heavy atom. The number of aliphatic hydroxyl groups is 1. The second kappa shape index (κ2) is 5.35. The molecule has 1 aromatic rings. The molecule has 0 amide bonds. The zero-order chi connectivity index (χ0) is 14.0. The minimum absolute atomic E-state index is 0.0219. The third-order valence-electron chi connectivity index (χ3n) is 1.83. The number of halogens is 6. The van der Waals surface area contributed by atoms with Crippen LogP contribution in [0, 0.1) is 0 Å². The minimum Gasteiger partial charge on any atom is -0.383 e. The molecule has 0 spiro atoms. The van der Waals surface area contributed by atoms with Gasteiger partial charge in [0, 0.05) is 11.9 Å². The van der Waals surface area contributed by atoms with Crippen molar-refractivity contribution in [2.45, 2.75) is 23.5 Å². The van der Waals surface area contributed by atoms with Crippen molar-refractivity contribution in [3.05, 3.63) is 23.9 Å². The van der Waals surface area contributed by atoms with Crippen molar-refractivity contribution in [3.63, 3.8) is 0 Å². The molecule has 0 aliphatic heterocycles. The summed E-state index contributed by atoms with van der Waals surface area (Å²) in [6, 6.07) is 1.67. The summed E-state index contributed by atoms with van der Waals surface area (Å²) >= 11 is 0.526. The van der Waals surface area contributed by atoms with E-state index in [1.54, 1.807) is 0 Å². The van der Waals surface area contributed by atoms with E-state index >= 15 is 0 Å². The van der Waals surface area contributed by atoms with E-state index < -0.39 is 29.8 Å². The number of hydrogen-bond acceptors (Lipinski definition) is 3. The molecule has 0 aliphatic rings. The maximum atomic E-state index is 12.2. The predicted molar refractivity (Wildman–Crippen MR) is 52.0 cm³/mol. The first-order chi connectivity index (χ1) is 8.10. The fraction of sp³-hybridized carbons (Fsp3) is 0.444. The van der Waals surface area contributed by atoms with Crippen LogP contribution >= 0.6 is 11.8 Å². The van der Waals surface area contributed by atoms with Crippen LogP contribution in [0.2, 0.25) is 0 Å². The number of rotatable bonds is 3. The van der Waals surface area contributed by atoms with Crippen LogP contribution in [0.1, 0.15) is 5.56 Å². The van der Waals surface area contributed by atoms with Gasteiger partial charge in [0.15, 0.2) is 6.10 Å². The Hall–Kier alpha value is -0.960. The Labute approximate surface area is 102 Å². The lowest BCUT2D eigenvalue weighted by Gasteiger charge is -2.13. The Kier molecular flexibility index (Phi) is 4.49. The Bertz CT molecular complexity index is 388. The molecule has 0 aliphatic carbocycles. The zero-order valence-electron chi connectivity index (χ0n) is 8.59. The van der Waals surface area contributed by atoms with Gasteiger partial charge in [-0.2, -0.15) is 26.3 Å². The summed E-state index contributed by atoms with van der Waals surface area (Å²) in [5.74, 6) is -0.720. The monoisotopic (exact) mass is 291 g/mol. The molecular formula is C9H7F6NOS. The zero-order valence-corrected chi connectivity index (χ0v) is 9.40. The van der Waals surface area contributed by atoms with E-state index in [4.69, 9.17) is 5.11 Å². The van der Waals surface area contributed by atoms with Gasteiger partial charge >= 0.3 is 12.4 Å². The number of pyridine rings is 1. The highest BCUT2D eigenvalue weighted by molar-refractivity contribution is 7.99. The van der Waals surface area contributed by atoms with Crippen LogP contribution in [-0.4, -0.2) is 28.1 Å². The Morgan fingerprint density at radius 1 is 1.17 bits per heavy atom. The average Bonchev–Trinajstić information content (AvgIpc) is 2.24. The molecule has 0 aromatic carbocycles. The van der Waals surface area contributed by atoms with E-state index in [2.05, 4.69) is 4.98 Å². The van der Waals surface area contributed by atoms with Crippen LogP contribution in [0.25, 0.3) is 0 Å². The number of thioether (sulfide) groups is 1. The van der Waals surface area contributed by atoms with Gasteiger partial charge in [0.2, 0.25) is 0 Å². The summed E-state index contributed by atoms with van der Waals surface area (Å²) in [5.41, 5.74) is -0.983. The summed E-state index contributed by atoms with van der Waals surface area (Å²) in [4.78, 5) is 3.36. The fourth-order valence-corrected chi connectivity index (χ4v) is 1.70. The van der Waals surface area contributed by atoms with Crippen molar-refractivity contribution < 1.29 is 31.4 Å². The van der Waals surface area contributed by atoms with E-state index in [0.717, 1.165) is 12.1 Å². The predicted octanol–water partition coefficient (Wildman–Crippen LogP) is 3.12. The number of alkyl halides is 6. The van der Waals surface area contributed by atoms with Gasteiger partial charge in [-0.3, -0.25) is 0 Å². The van der Waals surface area contributed by atoms with E-state index in [9.17, 15) is 26.3 Å². The molecule has 2 nitrogen and oxygen atoms in total. The van der Waals surface area contributed by atoms with Gasteiger partial charge in [-0.25, -0.2) is 4.98 Å². The van der Waals surface area contributed by atoms with Crippen molar-refractivity contribution >= 4 is 11.8 Å². The van der Waals surface area contributed by atoms with Crippen LogP contribution in [0.4, 0.5) is 26.3 Å². The molecule has 0 saturated heterocycles. The van der Waals surface area contributed by atoms with E-state index in [1.807, 2.05) is 0 Å². The van der Waals surface area contributed by atoms with Gasteiger partial charge in [0.1, 0.15) is 0 Å². The van der Waals surface area contributed by atoms with Gasteiger partial charge in [0.25, 0.3) is 0 Å². The molecule has 9 heteroatoms. The molecule has 1 unspecified atom stereocenters. The van der Waals surface area contributed by atoms with Crippen LogP contribution in [-0.2, 0) is 6.18 Å². The molecule has 0 bridgehead atoms. The summed E-state index contributed by atoms with van der Waals surface area (Å²) < 4.78 is 72.3. The quantitative estimate of drug-likeness (QED) is 0.686. The van der Waals surface area contributed by atoms with Gasteiger partial charge < -0.3 is 5.11 Å². The molecule has 1 N–H and O–H groups in total. The maximum Gasteiger partial charge on any atom is 0.417 e. The third-order valence-corrected chi connectivity index (χ3v) is 2.85. The normalized spacial score (nSPS) is 14.6. The molecular weight excluding hydrogens is 284 g/mol. The molecule has 0 saturated carbocycles. The van der Waals surface area contributed by atoms with Crippen molar-refractivity contribution in [1.29, 1.82) is 0 Å². The van der Waals surface area contributed by atoms with Crippen LogP contribution in [0.5, 0.6) is 0 Å². The molecule has 102 valence electrons. The lowest BCUT2D eigenvalue weighted by molar-refractivity contribution is -0.195. The van der Waals surface area contributed by atoms with Gasteiger partial charge in [-0.1, -0.05) is 0 Å². The lowest BCUT2D eigenvalue weighted by atomic mass is 10.3. The molecule has 0 fully saturated rings. The van der Waals surface area contributed by atoms with Gasteiger partial charge in [-0.05, 0) is 12.1 Å². The van der Waals surface area contributed by atoms with Crippen molar-refractivity contribution in [3.8, 4) is 0 Å². The highest BCUT2D eigenvalue weighted by Gasteiger charge is 2.38. The summed E-state index contributed by atoms with van der Waals surface area (Å²) in [7, 11) is 0. The SMILES string of the molecule is OC(CSc1ccc(C(F)(F)F)cn1)C(F)(F)F. The first-order valence-corrected chi connectivity index (χ1v) is 5.50. The molecule has 1 rings (SSSR count). The van der Waals surface area contributed by atoms with Crippen LogP contribution in [0.3, 0.4) is 0 Å². The molecule has 0 radical (unpaired) electrons. The van der Waals surface area contributed by atoms with Gasteiger partial charge in [0.05, 0.1) is 10.6 Å². The van der Waals surface area contributed by atoms with Crippen LogP contribution in [0.15, 0.2) is 23.4 Å². The summed E-state index contributed by atoms with van der Waals surface area (Å²) in [6.45, 7) is 0. The second-order valence-corrected chi connectivity index (χ2v) is 4.29. The molecule has 1 heterocycles. The van der Waals surface area contributed by atoms with Gasteiger partial charge in [-0.15, -0.1) is 11.8 Å². The largest absolute Gasteiger partial charge is 0.417 e. The van der Waals surface area contributed by atoms with E-state index in [0.29, 0.717) is 18.0 Å².